The van der Waals surface area contributed by atoms with Gasteiger partial charge in [-0.2, -0.15) is 0 Å². The standard InChI is InChI=1S/C16H25N2O/c19-13-16-17(14-7-3-1-4-8-14)11-12-18(16)15-9-5-2-6-10-15/h11-15H,1-10H2/q+1. The summed E-state index contributed by atoms with van der Waals surface area (Å²) >= 11 is 0. The molecule has 0 spiro atoms. The summed E-state index contributed by atoms with van der Waals surface area (Å²) in [6.45, 7) is 0. The second kappa shape index (κ2) is 5.89. The van der Waals surface area contributed by atoms with Gasteiger partial charge in [0.05, 0.1) is 0 Å². The minimum atomic E-state index is 0.554. The average Bonchev–Trinajstić information content (AvgIpc) is 2.93. The SMILES string of the molecule is O=Cc1n(C2CCCCC2)cc[n+]1C1CCCCC1. The average molecular weight is 261 g/mol. The van der Waals surface area contributed by atoms with Crippen LogP contribution in [0.4, 0.5) is 0 Å². The van der Waals surface area contributed by atoms with Gasteiger partial charge in [-0.1, -0.05) is 12.8 Å². The Bertz CT molecular complexity index is 390. The Morgan fingerprint density at radius 1 is 1.00 bits per heavy atom. The summed E-state index contributed by atoms with van der Waals surface area (Å²) in [7, 11) is 0. The van der Waals surface area contributed by atoms with Crippen molar-refractivity contribution in [2.24, 2.45) is 0 Å². The first-order valence-electron chi connectivity index (χ1n) is 7.97. The fourth-order valence-electron chi connectivity index (χ4n) is 3.89. The van der Waals surface area contributed by atoms with Crippen LogP contribution < -0.4 is 4.57 Å². The Kier molecular flexibility index (Phi) is 4.00. The van der Waals surface area contributed by atoms with Gasteiger partial charge in [0, 0.05) is 0 Å². The van der Waals surface area contributed by atoms with Gasteiger partial charge in [-0.25, -0.2) is 9.13 Å². The van der Waals surface area contributed by atoms with Crippen molar-refractivity contribution in [1.29, 1.82) is 0 Å². The van der Waals surface area contributed by atoms with Gasteiger partial charge in [-0.05, 0) is 51.4 Å². The van der Waals surface area contributed by atoms with Crippen LogP contribution in [0.2, 0.25) is 0 Å². The largest absolute Gasteiger partial charge is 0.322 e. The molecule has 0 aliphatic heterocycles. The molecule has 2 fully saturated rings. The van der Waals surface area contributed by atoms with Crippen LogP contribution in [0.3, 0.4) is 0 Å². The van der Waals surface area contributed by atoms with E-state index in [-0.39, 0.29) is 0 Å². The summed E-state index contributed by atoms with van der Waals surface area (Å²) < 4.78 is 4.50. The van der Waals surface area contributed by atoms with E-state index < -0.39 is 0 Å². The molecular formula is C16H25N2O+. The smallest absolute Gasteiger partial charge is 0.289 e. The molecular weight excluding hydrogens is 236 g/mol. The van der Waals surface area contributed by atoms with Gasteiger partial charge in [0.25, 0.3) is 0 Å². The highest BCUT2D eigenvalue weighted by Crippen LogP contribution is 2.29. The molecule has 1 aromatic heterocycles. The number of hydrogen-bond acceptors (Lipinski definition) is 1. The van der Waals surface area contributed by atoms with Crippen LogP contribution in [0, 0.1) is 0 Å². The monoisotopic (exact) mass is 261 g/mol. The van der Waals surface area contributed by atoms with Gasteiger partial charge >= 0.3 is 5.82 Å². The van der Waals surface area contributed by atoms with E-state index >= 15 is 0 Å². The van der Waals surface area contributed by atoms with E-state index in [1.165, 1.54) is 64.2 Å². The van der Waals surface area contributed by atoms with Crippen molar-refractivity contribution in [3.8, 4) is 0 Å². The minimum absolute atomic E-state index is 0.554. The number of rotatable bonds is 3. The molecule has 2 aliphatic carbocycles. The van der Waals surface area contributed by atoms with Crippen molar-refractivity contribution in [3.05, 3.63) is 18.2 Å². The highest BCUT2D eigenvalue weighted by Gasteiger charge is 2.29. The summed E-state index contributed by atoms with van der Waals surface area (Å²) in [4.78, 5) is 11.6. The Morgan fingerprint density at radius 2 is 1.63 bits per heavy atom. The maximum atomic E-state index is 11.6. The quantitative estimate of drug-likeness (QED) is 0.603. The van der Waals surface area contributed by atoms with Crippen LogP contribution in [-0.4, -0.2) is 10.9 Å². The van der Waals surface area contributed by atoms with E-state index in [1.807, 2.05) is 0 Å². The molecule has 0 radical (unpaired) electrons. The van der Waals surface area contributed by atoms with Crippen LogP contribution in [0.25, 0.3) is 0 Å². The lowest BCUT2D eigenvalue weighted by Crippen LogP contribution is -2.43. The van der Waals surface area contributed by atoms with Crippen molar-refractivity contribution in [2.75, 3.05) is 0 Å². The van der Waals surface area contributed by atoms with Crippen LogP contribution in [0.1, 0.15) is 86.9 Å². The van der Waals surface area contributed by atoms with E-state index in [2.05, 4.69) is 21.5 Å². The van der Waals surface area contributed by atoms with Crippen LogP contribution in [0.5, 0.6) is 0 Å². The summed E-state index contributed by atoms with van der Waals surface area (Å²) in [6.07, 6.45) is 18.3. The second-order valence-corrected chi connectivity index (χ2v) is 6.17. The number of imidazole rings is 1. The lowest BCUT2D eigenvalue weighted by atomic mass is 9.95. The Morgan fingerprint density at radius 3 is 2.26 bits per heavy atom. The van der Waals surface area contributed by atoms with Crippen molar-refractivity contribution in [3.63, 3.8) is 0 Å². The second-order valence-electron chi connectivity index (χ2n) is 6.17. The molecule has 0 aromatic carbocycles. The van der Waals surface area contributed by atoms with Crippen LogP contribution >= 0.6 is 0 Å². The Balaban J connectivity index is 1.84. The normalized spacial score (nSPS) is 22.5. The molecule has 0 saturated heterocycles. The predicted octanol–water partition coefficient (Wildman–Crippen LogP) is 3.60. The summed E-state index contributed by atoms with van der Waals surface area (Å²) in [5, 5.41) is 0. The third-order valence-electron chi connectivity index (χ3n) is 4.96. The highest BCUT2D eigenvalue weighted by atomic mass is 16.1. The highest BCUT2D eigenvalue weighted by molar-refractivity contribution is 5.67. The zero-order chi connectivity index (χ0) is 13.1. The van der Waals surface area contributed by atoms with Crippen molar-refractivity contribution in [2.45, 2.75) is 76.3 Å². The Hall–Kier alpha value is -1.12. The lowest BCUT2D eigenvalue weighted by molar-refractivity contribution is -0.726. The fraction of sp³-hybridized carbons (Fsp3) is 0.750. The number of aldehydes is 1. The molecule has 0 unspecified atom stereocenters. The molecule has 19 heavy (non-hydrogen) atoms. The molecule has 3 rings (SSSR count). The molecule has 0 atom stereocenters. The van der Waals surface area contributed by atoms with Gasteiger partial charge < -0.3 is 0 Å². The van der Waals surface area contributed by atoms with E-state index in [9.17, 15) is 4.79 Å². The Labute approximate surface area is 115 Å². The molecule has 0 bridgehead atoms. The third kappa shape index (κ3) is 2.60. The molecule has 0 amide bonds. The molecule has 104 valence electrons. The van der Waals surface area contributed by atoms with Crippen LogP contribution in [0.15, 0.2) is 12.4 Å². The summed E-state index contributed by atoms with van der Waals surface area (Å²) in [5.41, 5.74) is 0. The topological polar surface area (TPSA) is 25.9 Å². The summed E-state index contributed by atoms with van der Waals surface area (Å²) in [6, 6.07) is 1.11. The fourth-order valence-corrected chi connectivity index (χ4v) is 3.89. The molecule has 3 nitrogen and oxygen atoms in total. The minimum Gasteiger partial charge on any atom is -0.289 e. The summed E-state index contributed by atoms with van der Waals surface area (Å²) in [5.74, 6) is 0.902. The number of carbonyl (C=O) groups excluding carboxylic acids is 1. The molecule has 1 heterocycles. The maximum Gasteiger partial charge on any atom is 0.322 e. The first kappa shape index (κ1) is 12.9. The molecule has 0 N–H and O–H groups in total. The maximum absolute atomic E-state index is 11.6. The number of carbonyl (C=O) groups is 1. The van der Waals surface area contributed by atoms with Gasteiger partial charge in [-0.3, -0.25) is 4.79 Å². The molecule has 2 aliphatic rings. The third-order valence-corrected chi connectivity index (χ3v) is 4.96. The van der Waals surface area contributed by atoms with Gasteiger partial charge in [0.2, 0.25) is 6.29 Å². The van der Waals surface area contributed by atoms with Gasteiger partial charge in [0.15, 0.2) is 0 Å². The molecule has 2 saturated carbocycles. The zero-order valence-corrected chi connectivity index (χ0v) is 11.8. The first-order valence-corrected chi connectivity index (χ1v) is 7.97. The first-order chi connectivity index (χ1) is 9.40. The lowest BCUT2D eigenvalue weighted by Gasteiger charge is -2.21. The van der Waals surface area contributed by atoms with Crippen molar-refractivity contribution >= 4 is 6.29 Å². The van der Waals surface area contributed by atoms with Crippen molar-refractivity contribution < 1.29 is 9.36 Å². The van der Waals surface area contributed by atoms with E-state index in [4.69, 9.17) is 0 Å². The molecule has 3 heteroatoms. The predicted molar refractivity (Wildman–Crippen MR) is 74.3 cm³/mol. The van der Waals surface area contributed by atoms with Crippen LogP contribution in [-0.2, 0) is 0 Å². The van der Waals surface area contributed by atoms with E-state index in [1.54, 1.807) is 0 Å². The van der Waals surface area contributed by atoms with E-state index in [0.717, 1.165) is 12.1 Å². The van der Waals surface area contributed by atoms with Gasteiger partial charge in [-0.15, -0.1) is 0 Å². The van der Waals surface area contributed by atoms with Gasteiger partial charge in [0.1, 0.15) is 24.5 Å². The number of aromatic nitrogens is 2. The number of nitrogens with zero attached hydrogens (tertiary/aromatic N) is 2. The van der Waals surface area contributed by atoms with E-state index in [0.29, 0.717) is 12.1 Å². The number of hydrogen-bond donors (Lipinski definition) is 0. The van der Waals surface area contributed by atoms with Crippen molar-refractivity contribution in [1.82, 2.24) is 4.57 Å². The molecule has 1 aromatic rings. The zero-order valence-electron chi connectivity index (χ0n) is 11.8.